The maximum Gasteiger partial charge on any atom is -0.0118 e. The van der Waals surface area contributed by atoms with Crippen LogP contribution >= 0.6 is 0 Å². The second-order valence-electron chi connectivity index (χ2n) is 5.96. The van der Waals surface area contributed by atoms with Gasteiger partial charge in [-0.3, -0.25) is 0 Å². The van der Waals surface area contributed by atoms with E-state index in [1.54, 1.807) is 11.1 Å². The highest BCUT2D eigenvalue weighted by Gasteiger charge is 2.27. The van der Waals surface area contributed by atoms with Crippen molar-refractivity contribution in [2.45, 2.75) is 54.4 Å². The van der Waals surface area contributed by atoms with Crippen LogP contribution in [0.3, 0.4) is 0 Å². The minimum absolute atomic E-state index is 0.360. The Morgan fingerprint density at radius 1 is 1.00 bits per heavy atom. The van der Waals surface area contributed by atoms with Crippen molar-refractivity contribution in [3.63, 3.8) is 0 Å². The Hall–Kier alpha value is -0.520. The molecule has 0 aromatic carbocycles. The van der Waals surface area contributed by atoms with Crippen LogP contribution in [0.5, 0.6) is 0 Å². The topological polar surface area (TPSA) is 0 Å². The molecule has 1 aliphatic rings. The molecule has 0 aromatic heterocycles. The first-order chi connectivity index (χ1) is 6.85. The molecule has 0 spiro atoms. The fourth-order valence-electron chi connectivity index (χ4n) is 2.04. The lowest BCUT2D eigenvalue weighted by Crippen LogP contribution is -2.23. The molecule has 0 heteroatoms. The van der Waals surface area contributed by atoms with Gasteiger partial charge in [-0.05, 0) is 30.1 Å². The Labute approximate surface area is 95.5 Å². The van der Waals surface area contributed by atoms with Crippen LogP contribution in [0.1, 0.15) is 54.4 Å². The van der Waals surface area contributed by atoms with Crippen molar-refractivity contribution in [1.82, 2.24) is 0 Å². The standard InChI is InChI=1S/C15H26/c1-11(2)13-7-9-14(10-8-13)15(5,6)12(3)4/h7,9,11-12H,8,10H2,1-6H3. The minimum Gasteiger partial charge on any atom is -0.0673 e. The lowest BCUT2D eigenvalue weighted by atomic mass is 9.71. The predicted octanol–water partition coefficient (Wildman–Crippen LogP) is 4.97. The SMILES string of the molecule is CC(C)C1=CC=C(C(C)(C)C(C)C)CC1. The molecule has 0 unspecified atom stereocenters. The van der Waals surface area contributed by atoms with Crippen LogP contribution in [-0.2, 0) is 0 Å². The molecule has 1 rings (SSSR count). The zero-order valence-corrected chi connectivity index (χ0v) is 11.2. The second kappa shape index (κ2) is 4.55. The van der Waals surface area contributed by atoms with E-state index < -0.39 is 0 Å². The molecule has 1 aliphatic carbocycles. The summed E-state index contributed by atoms with van der Waals surface area (Å²) in [6.07, 6.45) is 7.25. The molecule has 0 heterocycles. The predicted molar refractivity (Wildman–Crippen MR) is 68.9 cm³/mol. The zero-order chi connectivity index (χ0) is 11.6. The minimum atomic E-state index is 0.360. The second-order valence-corrected chi connectivity index (χ2v) is 5.96. The monoisotopic (exact) mass is 206 g/mol. The van der Waals surface area contributed by atoms with Crippen molar-refractivity contribution >= 4 is 0 Å². The first-order valence-corrected chi connectivity index (χ1v) is 6.25. The van der Waals surface area contributed by atoms with Gasteiger partial charge < -0.3 is 0 Å². The third kappa shape index (κ3) is 2.74. The molecular formula is C15H26. The van der Waals surface area contributed by atoms with Crippen LogP contribution in [0.15, 0.2) is 23.3 Å². The first kappa shape index (κ1) is 12.5. The third-order valence-electron chi connectivity index (χ3n) is 4.19. The Balaban J connectivity index is 2.84. The fourth-order valence-corrected chi connectivity index (χ4v) is 2.04. The summed E-state index contributed by atoms with van der Waals surface area (Å²) in [6, 6.07) is 0. The lowest BCUT2D eigenvalue weighted by Gasteiger charge is -2.34. The number of hydrogen-bond donors (Lipinski definition) is 0. The van der Waals surface area contributed by atoms with Gasteiger partial charge in [0.05, 0.1) is 0 Å². The van der Waals surface area contributed by atoms with E-state index in [1.807, 2.05) is 0 Å². The van der Waals surface area contributed by atoms with Gasteiger partial charge in [-0.25, -0.2) is 0 Å². The Morgan fingerprint density at radius 3 is 1.93 bits per heavy atom. The fraction of sp³-hybridized carbons (Fsp3) is 0.733. The van der Waals surface area contributed by atoms with E-state index in [4.69, 9.17) is 0 Å². The quantitative estimate of drug-likeness (QED) is 0.611. The first-order valence-electron chi connectivity index (χ1n) is 6.25. The van der Waals surface area contributed by atoms with Crippen LogP contribution in [0, 0.1) is 17.3 Å². The van der Waals surface area contributed by atoms with Gasteiger partial charge in [-0.2, -0.15) is 0 Å². The number of rotatable bonds is 3. The van der Waals surface area contributed by atoms with Gasteiger partial charge >= 0.3 is 0 Å². The van der Waals surface area contributed by atoms with E-state index >= 15 is 0 Å². The Kier molecular flexibility index (Phi) is 3.81. The summed E-state index contributed by atoms with van der Waals surface area (Å²) in [7, 11) is 0. The number of hydrogen-bond acceptors (Lipinski definition) is 0. The van der Waals surface area contributed by atoms with Gasteiger partial charge in [0, 0.05) is 0 Å². The summed E-state index contributed by atoms with van der Waals surface area (Å²) in [5.41, 5.74) is 3.60. The molecule has 0 nitrogen and oxygen atoms in total. The summed E-state index contributed by atoms with van der Waals surface area (Å²) in [5.74, 6) is 1.43. The van der Waals surface area contributed by atoms with Crippen LogP contribution < -0.4 is 0 Å². The van der Waals surface area contributed by atoms with Crippen molar-refractivity contribution < 1.29 is 0 Å². The van der Waals surface area contributed by atoms with Gasteiger partial charge in [-0.15, -0.1) is 0 Å². The molecular weight excluding hydrogens is 180 g/mol. The highest BCUT2D eigenvalue weighted by Crippen LogP contribution is 2.40. The third-order valence-corrected chi connectivity index (χ3v) is 4.19. The van der Waals surface area contributed by atoms with Gasteiger partial charge in [0.2, 0.25) is 0 Å². The van der Waals surface area contributed by atoms with Gasteiger partial charge in [0.15, 0.2) is 0 Å². The highest BCUT2D eigenvalue weighted by atomic mass is 14.3. The summed E-state index contributed by atoms with van der Waals surface area (Å²) in [6.45, 7) is 14.0. The van der Waals surface area contributed by atoms with Crippen molar-refractivity contribution in [3.8, 4) is 0 Å². The van der Waals surface area contributed by atoms with E-state index in [-0.39, 0.29) is 0 Å². The molecule has 86 valence electrons. The molecule has 0 bridgehead atoms. The summed E-state index contributed by atoms with van der Waals surface area (Å²) in [4.78, 5) is 0. The molecule has 0 saturated heterocycles. The van der Waals surface area contributed by atoms with E-state index in [1.165, 1.54) is 12.8 Å². The Bertz CT molecular complexity index is 274. The molecule has 0 aromatic rings. The Morgan fingerprint density at radius 2 is 1.60 bits per heavy atom. The van der Waals surface area contributed by atoms with Crippen LogP contribution in [-0.4, -0.2) is 0 Å². The van der Waals surface area contributed by atoms with E-state index in [9.17, 15) is 0 Å². The lowest BCUT2D eigenvalue weighted by molar-refractivity contribution is 0.299. The molecule has 0 saturated carbocycles. The summed E-state index contributed by atoms with van der Waals surface area (Å²) in [5, 5.41) is 0. The van der Waals surface area contributed by atoms with Crippen LogP contribution in [0.25, 0.3) is 0 Å². The molecule has 0 radical (unpaired) electrons. The van der Waals surface area contributed by atoms with E-state index in [0.29, 0.717) is 11.3 Å². The van der Waals surface area contributed by atoms with Gasteiger partial charge in [0.25, 0.3) is 0 Å². The number of allylic oxidation sites excluding steroid dienone is 4. The van der Waals surface area contributed by atoms with E-state index in [0.717, 1.165) is 5.92 Å². The van der Waals surface area contributed by atoms with Gasteiger partial charge in [0.1, 0.15) is 0 Å². The average molecular weight is 206 g/mol. The molecule has 0 N–H and O–H groups in total. The van der Waals surface area contributed by atoms with Crippen molar-refractivity contribution in [2.75, 3.05) is 0 Å². The smallest absolute Gasteiger partial charge is 0.0118 e. The van der Waals surface area contributed by atoms with Crippen molar-refractivity contribution in [1.29, 1.82) is 0 Å². The van der Waals surface area contributed by atoms with E-state index in [2.05, 4.69) is 53.7 Å². The normalized spacial score (nSPS) is 18.1. The van der Waals surface area contributed by atoms with Crippen molar-refractivity contribution in [2.24, 2.45) is 17.3 Å². The summed E-state index contributed by atoms with van der Waals surface area (Å²) >= 11 is 0. The highest BCUT2D eigenvalue weighted by molar-refractivity contribution is 5.28. The maximum absolute atomic E-state index is 2.37. The van der Waals surface area contributed by atoms with Crippen LogP contribution in [0.2, 0.25) is 0 Å². The molecule has 0 aliphatic heterocycles. The zero-order valence-electron chi connectivity index (χ0n) is 11.2. The molecule has 0 atom stereocenters. The average Bonchev–Trinajstić information content (AvgIpc) is 2.17. The summed E-state index contributed by atoms with van der Waals surface area (Å²) < 4.78 is 0. The maximum atomic E-state index is 2.37. The van der Waals surface area contributed by atoms with Gasteiger partial charge in [-0.1, -0.05) is 64.8 Å². The molecule has 15 heavy (non-hydrogen) atoms. The largest absolute Gasteiger partial charge is 0.0673 e. The van der Waals surface area contributed by atoms with Crippen molar-refractivity contribution in [3.05, 3.63) is 23.3 Å². The molecule has 0 fully saturated rings. The molecule has 0 amide bonds. The van der Waals surface area contributed by atoms with Crippen LogP contribution in [0.4, 0.5) is 0 Å².